The lowest BCUT2D eigenvalue weighted by molar-refractivity contribution is -0.697. The van der Waals surface area contributed by atoms with Gasteiger partial charge >= 0.3 is 0 Å². The third-order valence-corrected chi connectivity index (χ3v) is 2.24. The van der Waals surface area contributed by atoms with Crippen molar-refractivity contribution in [1.82, 2.24) is 4.98 Å². The topological polar surface area (TPSA) is 19.7 Å². The Morgan fingerprint density at radius 1 is 1.43 bits per heavy atom. The van der Waals surface area contributed by atoms with E-state index in [1.807, 2.05) is 12.3 Å². The predicted molar refractivity (Wildman–Crippen MR) is 55.2 cm³/mol. The van der Waals surface area contributed by atoms with E-state index in [0.717, 1.165) is 12.4 Å². The molecule has 0 saturated heterocycles. The number of hydrogen-bond acceptors (Lipinski definition) is 0. The van der Waals surface area contributed by atoms with E-state index in [4.69, 9.17) is 0 Å². The van der Waals surface area contributed by atoms with E-state index in [2.05, 4.69) is 29.3 Å². The maximum absolute atomic E-state index is 3.76. The largest absolute Gasteiger partial charge is 1.00 e. The number of unbranched alkanes of at least 4 members (excludes halogenated alkanes) is 3. The van der Waals surface area contributed by atoms with Gasteiger partial charge in [0.2, 0.25) is 0 Å². The van der Waals surface area contributed by atoms with Crippen LogP contribution in [0.25, 0.3) is 6.08 Å². The Hall–Kier alpha value is -0.760. The average Bonchev–Trinajstić information content (AvgIpc) is 2.60. The molecule has 0 fully saturated rings. The molecule has 0 amide bonds. The number of H-pyrrole nitrogens is 1. The summed E-state index contributed by atoms with van der Waals surface area (Å²) in [4.78, 5) is 3.14. The molecule has 0 spiro atoms. The maximum atomic E-state index is 3.76. The van der Waals surface area contributed by atoms with Crippen LogP contribution in [0, 0.1) is 0 Å². The van der Waals surface area contributed by atoms with Gasteiger partial charge in [-0.1, -0.05) is 26.3 Å². The molecule has 3 heteroatoms. The summed E-state index contributed by atoms with van der Waals surface area (Å²) in [6.07, 6.45) is 11.1. The molecule has 0 aliphatic carbocycles. The second-order valence-corrected chi connectivity index (χ2v) is 3.30. The summed E-state index contributed by atoms with van der Waals surface area (Å²) in [7, 11) is 0. The van der Waals surface area contributed by atoms with Gasteiger partial charge in [0.1, 0.15) is 12.4 Å². The summed E-state index contributed by atoms with van der Waals surface area (Å²) in [5, 5.41) is 0. The van der Waals surface area contributed by atoms with Gasteiger partial charge in [-0.15, -0.1) is 0 Å². The van der Waals surface area contributed by atoms with Crippen molar-refractivity contribution >= 4 is 6.08 Å². The summed E-state index contributed by atoms with van der Waals surface area (Å²) in [6.45, 7) is 7.09. The zero-order chi connectivity index (χ0) is 9.52. The molecule has 0 saturated carbocycles. The molecule has 0 atom stereocenters. The van der Waals surface area contributed by atoms with Gasteiger partial charge in [0.25, 0.3) is 5.82 Å². The van der Waals surface area contributed by atoms with Crippen molar-refractivity contribution in [3.05, 3.63) is 24.8 Å². The number of halogens is 1. The Labute approximate surface area is 92.5 Å². The number of hydrogen-bond donors (Lipinski definition) is 1. The zero-order valence-corrected chi connectivity index (χ0v) is 9.56. The summed E-state index contributed by atoms with van der Waals surface area (Å²) >= 11 is 0. The van der Waals surface area contributed by atoms with Crippen LogP contribution in [0.3, 0.4) is 0 Å². The fourth-order valence-corrected chi connectivity index (χ4v) is 1.46. The average molecular weight is 215 g/mol. The molecule has 0 unspecified atom stereocenters. The molecule has 0 radical (unpaired) electrons. The standard InChI is InChI=1S/C11H18N2.ClH/c1-3-5-6-7-9-13-10-8-12-11(13)4-2;/h4,8,10H,2-3,5-7,9H2,1H3;1H. The Kier molecular flexibility index (Phi) is 7.21. The highest BCUT2D eigenvalue weighted by molar-refractivity contribution is 5.31. The quantitative estimate of drug-likeness (QED) is 0.488. The number of imidazole rings is 1. The lowest BCUT2D eigenvalue weighted by Crippen LogP contribution is -3.00. The van der Waals surface area contributed by atoms with Gasteiger partial charge in [0.15, 0.2) is 0 Å². The minimum atomic E-state index is 0. The molecule has 14 heavy (non-hydrogen) atoms. The van der Waals surface area contributed by atoms with Crippen molar-refractivity contribution in [1.29, 1.82) is 0 Å². The van der Waals surface area contributed by atoms with E-state index in [0.29, 0.717) is 0 Å². The molecule has 80 valence electrons. The molecular formula is C11H19ClN2. The molecule has 0 aliphatic heterocycles. The minimum absolute atomic E-state index is 0. The van der Waals surface area contributed by atoms with Gasteiger partial charge in [-0.05, 0) is 12.8 Å². The number of nitrogens with one attached hydrogen (secondary N) is 1. The van der Waals surface area contributed by atoms with Gasteiger partial charge in [0.05, 0.1) is 6.54 Å². The van der Waals surface area contributed by atoms with E-state index in [-0.39, 0.29) is 12.4 Å². The van der Waals surface area contributed by atoms with Crippen LogP contribution in [0.4, 0.5) is 0 Å². The summed E-state index contributed by atoms with van der Waals surface area (Å²) in [5.74, 6) is 1.11. The SMILES string of the molecule is C=Cc1[nH]cc[n+]1CCCCCC.[Cl-]. The smallest absolute Gasteiger partial charge is 0.278 e. The molecule has 0 aromatic carbocycles. The van der Waals surface area contributed by atoms with Crippen LogP contribution in [-0.2, 0) is 6.54 Å². The van der Waals surface area contributed by atoms with E-state index in [9.17, 15) is 0 Å². The van der Waals surface area contributed by atoms with Crippen LogP contribution in [0.5, 0.6) is 0 Å². The Balaban J connectivity index is 0.00000169. The first kappa shape index (κ1) is 13.2. The van der Waals surface area contributed by atoms with Crippen molar-refractivity contribution in [3.63, 3.8) is 0 Å². The van der Waals surface area contributed by atoms with E-state index >= 15 is 0 Å². The number of aromatic amines is 1. The van der Waals surface area contributed by atoms with Gasteiger partial charge in [-0.2, -0.15) is 0 Å². The summed E-state index contributed by atoms with van der Waals surface area (Å²) in [5.41, 5.74) is 0. The molecule has 1 heterocycles. The molecule has 1 N–H and O–H groups in total. The molecule has 1 rings (SSSR count). The van der Waals surface area contributed by atoms with E-state index in [1.165, 1.54) is 25.7 Å². The van der Waals surface area contributed by atoms with Gasteiger partial charge in [-0.3, -0.25) is 0 Å². The first-order valence-electron chi connectivity index (χ1n) is 5.07. The van der Waals surface area contributed by atoms with Crippen LogP contribution >= 0.6 is 0 Å². The number of rotatable bonds is 6. The van der Waals surface area contributed by atoms with Crippen LogP contribution in [0.2, 0.25) is 0 Å². The highest BCUT2D eigenvalue weighted by Gasteiger charge is 2.04. The molecule has 1 aromatic heterocycles. The summed E-state index contributed by atoms with van der Waals surface area (Å²) < 4.78 is 2.21. The van der Waals surface area contributed by atoms with Crippen LogP contribution < -0.4 is 17.0 Å². The van der Waals surface area contributed by atoms with E-state index in [1.54, 1.807) is 0 Å². The third-order valence-electron chi connectivity index (χ3n) is 2.24. The fraction of sp³-hybridized carbons (Fsp3) is 0.545. The second kappa shape index (κ2) is 7.63. The van der Waals surface area contributed by atoms with Gasteiger partial charge < -0.3 is 12.4 Å². The Morgan fingerprint density at radius 2 is 2.21 bits per heavy atom. The summed E-state index contributed by atoms with van der Waals surface area (Å²) in [6, 6.07) is 0. The lowest BCUT2D eigenvalue weighted by atomic mass is 10.2. The monoisotopic (exact) mass is 214 g/mol. The Bertz CT molecular complexity index is 256. The molecule has 0 aliphatic rings. The molecule has 0 bridgehead atoms. The zero-order valence-electron chi connectivity index (χ0n) is 8.80. The van der Waals surface area contributed by atoms with Crippen LogP contribution in [-0.4, -0.2) is 4.98 Å². The van der Waals surface area contributed by atoms with Crippen LogP contribution in [0.15, 0.2) is 19.0 Å². The maximum Gasteiger partial charge on any atom is 0.278 e. The van der Waals surface area contributed by atoms with E-state index < -0.39 is 0 Å². The van der Waals surface area contributed by atoms with Crippen molar-refractivity contribution in [3.8, 4) is 0 Å². The lowest BCUT2D eigenvalue weighted by Gasteiger charge is -1.97. The normalized spacial score (nSPS) is 9.50. The number of aromatic nitrogens is 2. The first-order valence-corrected chi connectivity index (χ1v) is 5.07. The molecule has 2 nitrogen and oxygen atoms in total. The minimum Gasteiger partial charge on any atom is -1.00 e. The van der Waals surface area contributed by atoms with Crippen molar-refractivity contribution in [2.24, 2.45) is 0 Å². The van der Waals surface area contributed by atoms with Crippen molar-refractivity contribution in [2.45, 2.75) is 39.2 Å². The van der Waals surface area contributed by atoms with Gasteiger partial charge in [0, 0.05) is 6.08 Å². The molecular weight excluding hydrogens is 196 g/mol. The van der Waals surface area contributed by atoms with Crippen molar-refractivity contribution < 1.29 is 17.0 Å². The first-order chi connectivity index (χ1) is 6.38. The van der Waals surface area contributed by atoms with Crippen LogP contribution in [0.1, 0.15) is 38.4 Å². The predicted octanol–water partition coefficient (Wildman–Crippen LogP) is -0.470. The number of aryl methyl sites for hydroxylation is 1. The highest BCUT2D eigenvalue weighted by atomic mass is 35.5. The second-order valence-electron chi connectivity index (χ2n) is 3.30. The Morgan fingerprint density at radius 3 is 2.86 bits per heavy atom. The van der Waals surface area contributed by atoms with Gasteiger partial charge in [-0.25, -0.2) is 9.55 Å². The number of nitrogens with zero attached hydrogens (tertiary/aromatic N) is 1. The van der Waals surface area contributed by atoms with Crippen molar-refractivity contribution in [2.75, 3.05) is 0 Å². The third kappa shape index (κ3) is 3.97. The highest BCUT2D eigenvalue weighted by Crippen LogP contribution is 1.99. The molecule has 1 aromatic rings. The fourth-order valence-electron chi connectivity index (χ4n) is 1.46.